The molecule has 0 fully saturated rings. The first kappa shape index (κ1) is 18.1. The Morgan fingerprint density at radius 2 is 2.00 bits per heavy atom. The van der Waals surface area contributed by atoms with Gasteiger partial charge >= 0.3 is 6.18 Å². The van der Waals surface area contributed by atoms with E-state index in [1.165, 1.54) is 12.3 Å². The van der Waals surface area contributed by atoms with Gasteiger partial charge in [0.15, 0.2) is 0 Å². The standard InChI is InChI=1S/C16H15ClF3N3O/c1-2-3-15(24)23-14-7-5-11(9-21-14)22-13-8-10(16(18,19)20)4-6-12(13)17/h4-9,22H,2-3H2,1H3,(H,21,23,24). The number of anilines is 3. The molecule has 0 atom stereocenters. The topological polar surface area (TPSA) is 54.0 Å². The van der Waals surface area contributed by atoms with Crippen LogP contribution >= 0.6 is 11.6 Å². The molecule has 0 spiro atoms. The van der Waals surface area contributed by atoms with E-state index in [1.807, 2.05) is 6.92 Å². The summed E-state index contributed by atoms with van der Waals surface area (Å²) in [6.45, 7) is 1.89. The summed E-state index contributed by atoms with van der Waals surface area (Å²) in [6, 6.07) is 6.17. The predicted octanol–water partition coefficient (Wildman–Crippen LogP) is 5.24. The van der Waals surface area contributed by atoms with Crippen LogP contribution in [-0.4, -0.2) is 10.9 Å². The van der Waals surface area contributed by atoms with E-state index in [0.29, 0.717) is 17.9 Å². The molecule has 0 aliphatic heterocycles. The lowest BCUT2D eigenvalue weighted by Crippen LogP contribution is -2.11. The van der Waals surface area contributed by atoms with Gasteiger partial charge in [-0.25, -0.2) is 4.98 Å². The lowest BCUT2D eigenvalue weighted by atomic mass is 10.2. The molecule has 128 valence electrons. The van der Waals surface area contributed by atoms with Gasteiger partial charge < -0.3 is 10.6 Å². The summed E-state index contributed by atoms with van der Waals surface area (Å²) < 4.78 is 38.3. The van der Waals surface area contributed by atoms with Gasteiger partial charge in [0.25, 0.3) is 0 Å². The van der Waals surface area contributed by atoms with Crippen LogP contribution in [-0.2, 0) is 11.0 Å². The average Bonchev–Trinajstić information content (AvgIpc) is 2.50. The van der Waals surface area contributed by atoms with Crippen molar-refractivity contribution in [3.63, 3.8) is 0 Å². The molecule has 0 unspecified atom stereocenters. The minimum atomic E-state index is -4.45. The van der Waals surface area contributed by atoms with Crippen LogP contribution in [0.2, 0.25) is 5.02 Å². The van der Waals surface area contributed by atoms with Crippen LogP contribution in [0.1, 0.15) is 25.3 Å². The smallest absolute Gasteiger partial charge is 0.353 e. The van der Waals surface area contributed by atoms with E-state index in [-0.39, 0.29) is 16.6 Å². The number of halogens is 4. The highest BCUT2D eigenvalue weighted by atomic mass is 35.5. The van der Waals surface area contributed by atoms with Crippen LogP contribution in [0.25, 0.3) is 0 Å². The molecule has 0 saturated carbocycles. The van der Waals surface area contributed by atoms with Gasteiger partial charge in [-0.3, -0.25) is 4.79 Å². The van der Waals surface area contributed by atoms with Crippen molar-refractivity contribution in [3.8, 4) is 0 Å². The van der Waals surface area contributed by atoms with Crippen LogP contribution in [0.15, 0.2) is 36.5 Å². The summed E-state index contributed by atoms with van der Waals surface area (Å²) in [6.07, 6.45) is -1.94. The Balaban J connectivity index is 2.13. The molecule has 4 nitrogen and oxygen atoms in total. The molecule has 0 aliphatic rings. The maximum Gasteiger partial charge on any atom is 0.416 e. The van der Waals surface area contributed by atoms with Crippen LogP contribution < -0.4 is 10.6 Å². The van der Waals surface area contributed by atoms with Crippen molar-refractivity contribution in [3.05, 3.63) is 47.1 Å². The third kappa shape index (κ3) is 4.86. The van der Waals surface area contributed by atoms with Crippen molar-refractivity contribution < 1.29 is 18.0 Å². The molecule has 1 heterocycles. The summed E-state index contributed by atoms with van der Waals surface area (Å²) in [7, 11) is 0. The number of aromatic nitrogens is 1. The first-order valence-electron chi connectivity index (χ1n) is 7.19. The molecular weight excluding hydrogens is 343 g/mol. The Morgan fingerprint density at radius 3 is 2.58 bits per heavy atom. The minimum Gasteiger partial charge on any atom is -0.353 e. The van der Waals surface area contributed by atoms with Crippen LogP contribution in [0.5, 0.6) is 0 Å². The Morgan fingerprint density at radius 1 is 1.25 bits per heavy atom. The molecule has 2 aromatic rings. The number of carbonyl (C=O) groups is 1. The van der Waals surface area contributed by atoms with Crippen molar-refractivity contribution >= 4 is 34.7 Å². The van der Waals surface area contributed by atoms with E-state index in [9.17, 15) is 18.0 Å². The number of rotatable bonds is 5. The Labute approximate surface area is 142 Å². The number of carbonyl (C=O) groups excluding carboxylic acids is 1. The molecule has 0 aliphatic carbocycles. The van der Waals surface area contributed by atoms with E-state index in [1.54, 1.807) is 12.1 Å². The van der Waals surface area contributed by atoms with Gasteiger partial charge in [0, 0.05) is 6.42 Å². The quantitative estimate of drug-likeness (QED) is 0.769. The third-order valence-corrected chi connectivity index (χ3v) is 3.41. The predicted molar refractivity (Wildman–Crippen MR) is 87.5 cm³/mol. The van der Waals surface area contributed by atoms with E-state index in [4.69, 9.17) is 11.6 Å². The number of nitrogens with one attached hydrogen (secondary N) is 2. The Bertz CT molecular complexity index is 717. The highest BCUT2D eigenvalue weighted by Gasteiger charge is 2.30. The van der Waals surface area contributed by atoms with Gasteiger partial charge in [0.05, 0.1) is 28.2 Å². The zero-order valence-corrected chi connectivity index (χ0v) is 13.5. The molecule has 2 N–H and O–H groups in total. The van der Waals surface area contributed by atoms with Gasteiger partial charge in [-0.05, 0) is 36.8 Å². The van der Waals surface area contributed by atoms with Crippen LogP contribution in [0, 0.1) is 0 Å². The maximum atomic E-state index is 12.8. The Hall–Kier alpha value is -2.28. The first-order chi connectivity index (χ1) is 11.3. The van der Waals surface area contributed by atoms with Crippen molar-refractivity contribution in [1.29, 1.82) is 0 Å². The number of amides is 1. The van der Waals surface area contributed by atoms with Gasteiger partial charge in [0.2, 0.25) is 5.91 Å². The van der Waals surface area contributed by atoms with E-state index in [2.05, 4.69) is 15.6 Å². The SMILES string of the molecule is CCCC(=O)Nc1ccc(Nc2cc(C(F)(F)F)ccc2Cl)cn1. The number of pyridine rings is 1. The summed E-state index contributed by atoms with van der Waals surface area (Å²) in [5.74, 6) is 0.223. The van der Waals surface area contributed by atoms with Crippen molar-refractivity contribution in [2.75, 3.05) is 10.6 Å². The van der Waals surface area contributed by atoms with Crippen LogP contribution in [0.4, 0.5) is 30.4 Å². The largest absolute Gasteiger partial charge is 0.416 e. The van der Waals surface area contributed by atoms with Gasteiger partial charge in [0.1, 0.15) is 5.82 Å². The fraction of sp³-hybridized carbons (Fsp3) is 0.250. The fourth-order valence-electron chi connectivity index (χ4n) is 1.93. The molecule has 0 saturated heterocycles. The second-order valence-corrected chi connectivity index (χ2v) is 5.45. The van der Waals surface area contributed by atoms with Crippen molar-refractivity contribution in [2.45, 2.75) is 25.9 Å². The highest BCUT2D eigenvalue weighted by molar-refractivity contribution is 6.33. The number of alkyl halides is 3. The second-order valence-electron chi connectivity index (χ2n) is 5.05. The molecule has 1 aromatic carbocycles. The van der Waals surface area contributed by atoms with Crippen LogP contribution in [0.3, 0.4) is 0 Å². The zero-order valence-electron chi connectivity index (χ0n) is 12.7. The summed E-state index contributed by atoms with van der Waals surface area (Å²) in [4.78, 5) is 15.5. The molecule has 1 amide bonds. The highest BCUT2D eigenvalue weighted by Crippen LogP contribution is 2.34. The summed E-state index contributed by atoms with van der Waals surface area (Å²) in [5.41, 5.74) is -0.230. The average molecular weight is 358 g/mol. The Kier molecular flexibility index (Phi) is 5.66. The fourth-order valence-corrected chi connectivity index (χ4v) is 2.09. The van der Waals surface area contributed by atoms with E-state index in [0.717, 1.165) is 18.6 Å². The summed E-state index contributed by atoms with van der Waals surface area (Å²) in [5, 5.41) is 5.56. The molecule has 0 radical (unpaired) electrons. The lowest BCUT2D eigenvalue weighted by molar-refractivity contribution is -0.137. The normalized spacial score (nSPS) is 11.2. The minimum absolute atomic E-state index is 0.121. The molecule has 1 aromatic heterocycles. The second kappa shape index (κ2) is 7.53. The van der Waals surface area contributed by atoms with Gasteiger partial charge in [-0.2, -0.15) is 13.2 Å². The van der Waals surface area contributed by atoms with Crippen molar-refractivity contribution in [1.82, 2.24) is 4.98 Å². The van der Waals surface area contributed by atoms with Gasteiger partial charge in [-0.1, -0.05) is 18.5 Å². The summed E-state index contributed by atoms with van der Waals surface area (Å²) >= 11 is 5.92. The van der Waals surface area contributed by atoms with Gasteiger partial charge in [-0.15, -0.1) is 0 Å². The number of nitrogens with zero attached hydrogens (tertiary/aromatic N) is 1. The molecule has 24 heavy (non-hydrogen) atoms. The number of benzene rings is 1. The first-order valence-corrected chi connectivity index (χ1v) is 7.57. The molecular formula is C16H15ClF3N3O. The lowest BCUT2D eigenvalue weighted by Gasteiger charge is -2.12. The maximum absolute atomic E-state index is 12.8. The third-order valence-electron chi connectivity index (χ3n) is 3.08. The van der Waals surface area contributed by atoms with E-state index >= 15 is 0 Å². The van der Waals surface area contributed by atoms with E-state index < -0.39 is 11.7 Å². The van der Waals surface area contributed by atoms with Crippen molar-refractivity contribution in [2.24, 2.45) is 0 Å². The molecule has 0 bridgehead atoms. The monoisotopic (exact) mass is 357 g/mol. The zero-order chi connectivity index (χ0) is 17.7. The number of hydrogen-bond acceptors (Lipinski definition) is 3. The molecule has 8 heteroatoms. The molecule has 2 rings (SSSR count). The number of hydrogen-bond donors (Lipinski definition) is 2.